The number of carbonyl (C=O) groups is 2. The second-order valence-electron chi connectivity index (χ2n) is 9.01. The molecule has 3 heterocycles. The number of fused-ring (bicyclic) bond motifs is 1. The third kappa shape index (κ3) is 5.30. The minimum absolute atomic E-state index is 0.0595. The average molecular weight is 576 g/mol. The van der Waals surface area contributed by atoms with Gasteiger partial charge in [0.15, 0.2) is 28.8 Å². The molecule has 1 aromatic carbocycles. The van der Waals surface area contributed by atoms with E-state index in [0.29, 0.717) is 18.5 Å². The number of nitrogens with zero attached hydrogens (tertiary/aromatic N) is 4. The number of anilines is 1. The number of imidazole rings is 1. The van der Waals surface area contributed by atoms with E-state index in [-0.39, 0.29) is 28.9 Å². The number of nitrogens with one attached hydrogen (secondary N) is 1. The van der Waals surface area contributed by atoms with Crippen molar-refractivity contribution in [3.8, 4) is 12.3 Å². The lowest BCUT2D eigenvalue weighted by Crippen LogP contribution is -2.55. The van der Waals surface area contributed by atoms with Crippen LogP contribution in [0.4, 0.5) is 5.82 Å². The van der Waals surface area contributed by atoms with E-state index in [9.17, 15) is 30.0 Å². The van der Waals surface area contributed by atoms with E-state index >= 15 is 0 Å². The summed E-state index contributed by atoms with van der Waals surface area (Å²) in [6.45, 7) is -0.519. The number of aromatic nitrogens is 4. The Bertz CT molecular complexity index is 1420. The Morgan fingerprint density at radius 3 is 2.58 bits per heavy atom. The predicted molar refractivity (Wildman–Crippen MR) is 138 cm³/mol. The Hall–Kier alpha value is -3.84. The number of carboxylic acid groups (broad SMARTS) is 2. The number of hydrogen-bond acceptors (Lipinski definition) is 11. The lowest BCUT2D eigenvalue weighted by molar-refractivity contribution is -0.191. The first-order valence-electron chi connectivity index (χ1n) is 12.0. The van der Waals surface area contributed by atoms with Gasteiger partial charge in [-0.25, -0.2) is 14.6 Å². The Balaban J connectivity index is 1.64. The molecule has 212 valence electrons. The molecule has 0 amide bonds. The molecule has 1 aliphatic rings. The highest BCUT2D eigenvalue weighted by Gasteiger charge is 2.57. The molecule has 3 aromatic rings. The summed E-state index contributed by atoms with van der Waals surface area (Å²) in [6, 6.07) is 7.98. The summed E-state index contributed by atoms with van der Waals surface area (Å²) in [5.74, 6) is -1.26. The SMILES string of the molecule is C#C[C@@]1(O)[C@@H](COC(Cc2ccccc2)(C(=O)O)C(=O)O)O[C@@H](n2cnc3c(NCCCO)nc(Cl)nc32)[C@@H]1O. The molecular weight excluding hydrogens is 550 g/mol. The van der Waals surface area contributed by atoms with Crippen LogP contribution in [0.1, 0.15) is 18.2 Å². The summed E-state index contributed by atoms with van der Waals surface area (Å²) >= 11 is 6.08. The first-order chi connectivity index (χ1) is 19.1. The lowest BCUT2D eigenvalue weighted by atomic mass is 9.92. The number of halogens is 1. The van der Waals surface area contributed by atoms with E-state index in [0.717, 1.165) is 0 Å². The number of carboxylic acids is 2. The van der Waals surface area contributed by atoms with Gasteiger partial charge in [-0.15, -0.1) is 6.42 Å². The van der Waals surface area contributed by atoms with E-state index in [2.05, 4.69) is 26.2 Å². The van der Waals surface area contributed by atoms with Gasteiger partial charge in [0, 0.05) is 19.6 Å². The van der Waals surface area contributed by atoms with Crippen LogP contribution in [0.2, 0.25) is 5.28 Å². The van der Waals surface area contributed by atoms with Gasteiger partial charge in [-0.3, -0.25) is 4.57 Å². The first kappa shape index (κ1) is 29.2. The molecule has 1 aliphatic heterocycles. The van der Waals surface area contributed by atoms with Crippen LogP contribution < -0.4 is 5.32 Å². The zero-order valence-electron chi connectivity index (χ0n) is 20.8. The number of aliphatic hydroxyl groups excluding tert-OH is 2. The predicted octanol–water partition coefficient (Wildman–Crippen LogP) is 0.0639. The van der Waals surface area contributed by atoms with Crippen molar-refractivity contribution in [2.45, 2.75) is 42.5 Å². The summed E-state index contributed by atoms with van der Waals surface area (Å²) in [5, 5.41) is 53.8. The van der Waals surface area contributed by atoms with Crippen molar-refractivity contribution < 1.29 is 44.6 Å². The van der Waals surface area contributed by atoms with Crippen molar-refractivity contribution in [1.29, 1.82) is 0 Å². The Kier molecular flexibility index (Phi) is 8.54. The fourth-order valence-electron chi connectivity index (χ4n) is 4.32. The number of terminal acetylenes is 1. The van der Waals surface area contributed by atoms with Crippen molar-refractivity contribution in [3.05, 3.63) is 47.5 Å². The van der Waals surface area contributed by atoms with Crippen molar-refractivity contribution in [2.24, 2.45) is 0 Å². The quantitative estimate of drug-likeness (QED) is 0.0731. The Morgan fingerprint density at radius 2 is 1.95 bits per heavy atom. The molecule has 0 spiro atoms. The van der Waals surface area contributed by atoms with Crippen molar-refractivity contribution >= 4 is 40.5 Å². The number of rotatable bonds is 12. The maximum atomic E-state index is 12.2. The Morgan fingerprint density at radius 1 is 1.25 bits per heavy atom. The fraction of sp³-hybridized carbons (Fsp3) is 0.400. The molecule has 1 fully saturated rings. The van der Waals surface area contributed by atoms with Gasteiger partial charge in [-0.2, -0.15) is 9.97 Å². The second kappa shape index (κ2) is 11.7. The maximum Gasteiger partial charge on any atom is 0.348 e. The normalized spacial score (nSPS) is 22.7. The van der Waals surface area contributed by atoms with Gasteiger partial charge in [-0.1, -0.05) is 36.3 Å². The highest BCUT2D eigenvalue weighted by molar-refractivity contribution is 6.28. The molecule has 2 aromatic heterocycles. The van der Waals surface area contributed by atoms with Crippen LogP contribution in [-0.2, 0) is 25.5 Å². The van der Waals surface area contributed by atoms with Gasteiger partial charge >= 0.3 is 11.9 Å². The number of ether oxygens (including phenoxy) is 2. The number of hydrogen-bond donors (Lipinski definition) is 6. The van der Waals surface area contributed by atoms with Crippen LogP contribution in [-0.4, -0.2) is 100 Å². The fourth-order valence-corrected chi connectivity index (χ4v) is 4.48. The van der Waals surface area contributed by atoms with E-state index < -0.39 is 54.6 Å². The minimum Gasteiger partial charge on any atom is -0.479 e. The topological polar surface area (TPSA) is 209 Å². The molecule has 40 heavy (non-hydrogen) atoms. The zero-order valence-corrected chi connectivity index (χ0v) is 21.6. The van der Waals surface area contributed by atoms with Crippen molar-refractivity contribution in [3.63, 3.8) is 0 Å². The molecule has 0 aliphatic carbocycles. The van der Waals surface area contributed by atoms with Gasteiger partial charge in [0.05, 0.1) is 12.9 Å². The van der Waals surface area contributed by atoms with Crippen molar-refractivity contribution in [2.75, 3.05) is 25.1 Å². The van der Waals surface area contributed by atoms with E-state index in [1.807, 2.05) is 0 Å². The van der Waals surface area contributed by atoms with Gasteiger partial charge in [0.25, 0.3) is 5.60 Å². The van der Waals surface area contributed by atoms with Gasteiger partial charge in [-0.05, 0) is 23.6 Å². The van der Waals surface area contributed by atoms with Gasteiger partial charge in [0.2, 0.25) is 5.28 Å². The largest absolute Gasteiger partial charge is 0.479 e. The minimum atomic E-state index is -2.75. The molecule has 14 nitrogen and oxygen atoms in total. The molecule has 0 radical (unpaired) electrons. The third-order valence-corrected chi connectivity index (χ3v) is 6.68. The highest BCUT2D eigenvalue weighted by Crippen LogP contribution is 2.39. The summed E-state index contributed by atoms with van der Waals surface area (Å²) in [7, 11) is 0. The molecule has 4 atom stereocenters. The number of aliphatic carboxylic acids is 2. The van der Waals surface area contributed by atoms with Crippen LogP contribution >= 0.6 is 11.6 Å². The lowest BCUT2D eigenvalue weighted by Gasteiger charge is -2.30. The van der Waals surface area contributed by atoms with Crippen LogP contribution in [0.25, 0.3) is 11.2 Å². The zero-order chi connectivity index (χ0) is 29.1. The van der Waals surface area contributed by atoms with Crippen LogP contribution in [0, 0.1) is 12.3 Å². The van der Waals surface area contributed by atoms with Crippen LogP contribution in [0.15, 0.2) is 36.7 Å². The number of aliphatic hydroxyl groups is 3. The maximum absolute atomic E-state index is 12.2. The number of benzene rings is 1. The molecule has 1 saturated heterocycles. The monoisotopic (exact) mass is 575 g/mol. The average Bonchev–Trinajstić information content (AvgIpc) is 3.45. The van der Waals surface area contributed by atoms with Gasteiger partial charge in [0.1, 0.15) is 12.2 Å². The van der Waals surface area contributed by atoms with Crippen LogP contribution in [0.5, 0.6) is 0 Å². The molecular formula is C25H26ClN5O9. The summed E-state index contributed by atoms with van der Waals surface area (Å²) in [5.41, 5.74) is -4.46. The molecule has 4 rings (SSSR count). The third-order valence-electron chi connectivity index (χ3n) is 6.51. The summed E-state index contributed by atoms with van der Waals surface area (Å²) in [6.07, 6.45) is 1.89. The summed E-state index contributed by atoms with van der Waals surface area (Å²) < 4.78 is 12.5. The van der Waals surface area contributed by atoms with E-state index in [1.54, 1.807) is 18.2 Å². The highest BCUT2D eigenvalue weighted by atomic mass is 35.5. The molecule has 0 saturated carbocycles. The molecule has 6 N–H and O–H groups in total. The molecule has 15 heteroatoms. The van der Waals surface area contributed by atoms with Crippen LogP contribution in [0.3, 0.4) is 0 Å². The van der Waals surface area contributed by atoms with Gasteiger partial charge < -0.3 is 40.3 Å². The first-order valence-corrected chi connectivity index (χ1v) is 12.4. The smallest absolute Gasteiger partial charge is 0.348 e. The van der Waals surface area contributed by atoms with E-state index in [4.69, 9.17) is 32.6 Å². The molecule has 0 unspecified atom stereocenters. The standard InChI is InChI=1S/C25H26ClN5O9/c1-2-24(38)15(12-39-25(21(34)35,22(36)37)11-14-7-4-3-5-8-14)40-20(17(24)33)31-13-28-16-18(27-9-6-10-32)29-23(26)30-19(16)31/h1,3-5,7-8,13,15,17,20,32-33,38H,6,9-12H2,(H,34,35)(H,36,37)(H,27,29,30)/t15-,17+,20-,24-/m1/s1. The second-order valence-corrected chi connectivity index (χ2v) is 9.35. The Labute approximate surface area is 232 Å². The van der Waals surface area contributed by atoms with Crippen molar-refractivity contribution in [1.82, 2.24) is 19.5 Å². The van der Waals surface area contributed by atoms with E-state index in [1.165, 1.54) is 23.0 Å². The molecule has 0 bridgehead atoms. The summed E-state index contributed by atoms with van der Waals surface area (Å²) in [4.78, 5) is 36.8.